The van der Waals surface area contributed by atoms with Gasteiger partial charge in [0.1, 0.15) is 17.6 Å². The van der Waals surface area contributed by atoms with Crippen molar-refractivity contribution < 1.29 is 9.13 Å². The van der Waals surface area contributed by atoms with E-state index in [0.717, 1.165) is 0 Å². The largest absolute Gasteiger partial charge is 0.439 e. The van der Waals surface area contributed by atoms with Crippen molar-refractivity contribution in [1.29, 1.82) is 5.26 Å². The molecular weight excluding hydrogens is 257 g/mol. The average Bonchev–Trinajstić information content (AvgIpc) is 2.36. The van der Waals surface area contributed by atoms with Crippen LogP contribution in [-0.4, -0.2) is 4.98 Å². The van der Waals surface area contributed by atoms with Gasteiger partial charge in [-0.15, -0.1) is 0 Å². The quantitative estimate of drug-likeness (QED) is 0.903. The normalized spacial score (nSPS) is 9.83. The number of aromatic nitrogens is 1. The molecule has 0 radical (unpaired) electrons. The molecule has 0 bridgehead atoms. The summed E-state index contributed by atoms with van der Waals surface area (Å²) in [5.74, 6) is -0.0296. The van der Waals surface area contributed by atoms with Gasteiger partial charge < -0.3 is 10.5 Å². The van der Waals surface area contributed by atoms with E-state index in [1.807, 2.05) is 6.07 Å². The Balaban J connectivity index is 2.29. The van der Waals surface area contributed by atoms with E-state index in [0.29, 0.717) is 5.75 Å². The van der Waals surface area contributed by atoms with Gasteiger partial charge in [-0.25, -0.2) is 9.37 Å². The molecule has 2 N–H and O–H groups in total. The Kier molecular flexibility index (Phi) is 3.31. The summed E-state index contributed by atoms with van der Waals surface area (Å²) >= 11 is 5.62. The summed E-state index contributed by atoms with van der Waals surface area (Å²) in [4.78, 5) is 3.89. The molecule has 0 aliphatic heterocycles. The van der Waals surface area contributed by atoms with Crippen LogP contribution >= 0.6 is 11.6 Å². The van der Waals surface area contributed by atoms with Gasteiger partial charge in [0.05, 0.1) is 10.7 Å². The molecule has 1 aromatic carbocycles. The number of anilines is 1. The summed E-state index contributed by atoms with van der Waals surface area (Å²) in [5, 5.41) is 8.72. The van der Waals surface area contributed by atoms with Gasteiger partial charge in [-0.1, -0.05) is 11.6 Å². The summed E-state index contributed by atoms with van der Waals surface area (Å²) in [5.41, 5.74) is 5.86. The molecular formula is C12H7ClFN3O. The summed E-state index contributed by atoms with van der Waals surface area (Å²) in [6.45, 7) is 0. The SMILES string of the molecule is N#Cc1nc(Oc2ccc(F)c(Cl)c2)ccc1N. The molecule has 0 spiro atoms. The van der Waals surface area contributed by atoms with Crippen LogP contribution in [0.3, 0.4) is 0 Å². The number of halogens is 2. The second-order valence-corrected chi connectivity index (χ2v) is 3.78. The molecule has 0 atom stereocenters. The molecule has 4 nitrogen and oxygen atoms in total. The van der Waals surface area contributed by atoms with Gasteiger partial charge in [-0.2, -0.15) is 5.26 Å². The van der Waals surface area contributed by atoms with Crippen molar-refractivity contribution in [2.24, 2.45) is 0 Å². The predicted octanol–water partition coefficient (Wildman–Crippen LogP) is 3.12. The van der Waals surface area contributed by atoms with E-state index in [2.05, 4.69) is 4.98 Å². The number of hydrogen-bond acceptors (Lipinski definition) is 4. The summed E-state index contributed by atoms with van der Waals surface area (Å²) in [7, 11) is 0. The molecule has 1 heterocycles. The van der Waals surface area contributed by atoms with Crippen molar-refractivity contribution in [3.05, 3.63) is 46.9 Å². The zero-order chi connectivity index (χ0) is 13.1. The first-order valence-electron chi connectivity index (χ1n) is 4.89. The van der Waals surface area contributed by atoms with Crippen LogP contribution in [0, 0.1) is 17.1 Å². The average molecular weight is 264 g/mol. The number of nitriles is 1. The van der Waals surface area contributed by atoms with Crippen molar-refractivity contribution in [1.82, 2.24) is 4.98 Å². The van der Waals surface area contributed by atoms with Crippen LogP contribution < -0.4 is 10.5 Å². The van der Waals surface area contributed by atoms with Gasteiger partial charge in [0.15, 0.2) is 5.69 Å². The van der Waals surface area contributed by atoms with Gasteiger partial charge in [0, 0.05) is 12.1 Å². The van der Waals surface area contributed by atoms with Crippen LogP contribution in [0.15, 0.2) is 30.3 Å². The zero-order valence-electron chi connectivity index (χ0n) is 9.02. The minimum atomic E-state index is -0.535. The Morgan fingerprint density at radius 1 is 1.33 bits per heavy atom. The number of rotatable bonds is 2. The highest BCUT2D eigenvalue weighted by Gasteiger charge is 2.06. The third kappa shape index (κ3) is 2.50. The third-order valence-corrected chi connectivity index (χ3v) is 2.41. The van der Waals surface area contributed by atoms with E-state index < -0.39 is 5.82 Å². The van der Waals surface area contributed by atoms with Gasteiger partial charge in [0.2, 0.25) is 5.88 Å². The molecule has 1 aromatic heterocycles. The Hall–Kier alpha value is -2.32. The first kappa shape index (κ1) is 12.1. The fourth-order valence-electron chi connectivity index (χ4n) is 1.26. The number of nitrogen functional groups attached to an aromatic ring is 1. The molecule has 2 aromatic rings. The zero-order valence-corrected chi connectivity index (χ0v) is 9.78. The summed E-state index contributed by atoms with van der Waals surface area (Å²) in [6, 6.07) is 8.76. The summed E-state index contributed by atoms with van der Waals surface area (Å²) < 4.78 is 18.3. The lowest BCUT2D eigenvalue weighted by atomic mass is 10.3. The minimum absolute atomic E-state index is 0.0524. The van der Waals surface area contributed by atoms with Crippen LogP contribution in [0.5, 0.6) is 11.6 Å². The van der Waals surface area contributed by atoms with Gasteiger partial charge in [-0.05, 0) is 18.2 Å². The molecule has 6 heteroatoms. The van der Waals surface area contributed by atoms with Crippen LogP contribution in [0.2, 0.25) is 5.02 Å². The standard InChI is InChI=1S/C12H7ClFN3O/c13-8-5-7(1-2-9(8)14)18-12-4-3-10(16)11(6-15)17-12/h1-5H,16H2. The topological polar surface area (TPSA) is 71.9 Å². The van der Waals surface area contributed by atoms with E-state index in [9.17, 15) is 4.39 Å². The molecule has 0 fully saturated rings. The highest BCUT2D eigenvalue weighted by Crippen LogP contribution is 2.25. The fraction of sp³-hybridized carbons (Fsp3) is 0. The maximum Gasteiger partial charge on any atom is 0.220 e. The van der Waals surface area contributed by atoms with E-state index >= 15 is 0 Å². The maximum absolute atomic E-state index is 12.9. The number of ether oxygens (including phenoxy) is 1. The maximum atomic E-state index is 12.9. The van der Waals surface area contributed by atoms with Crippen LogP contribution in [0.4, 0.5) is 10.1 Å². The molecule has 0 unspecified atom stereocenters. The van der Waals surface area contributed by atoms with Crippen LogP contribution in [-0.2, 0) is 0 Å². The van der Waals surface area contributed by atoms with Gasteiger partial charge in [-0.3, -0.25) is 0 Å². The third-order valence-electron chi connectivity index (χ3n) is 2.12. The lowest BCUT2D eigenvalue weighted by molar-refractivity contribution is 0.461. The number of hydrogen-bond donors (Lipinski definition) is 1. The molecule has 18 heavy (non-hydrogen) atoms. The van der Waals surface area contributed by atoms with E-state index in [1.54, 1.807) is 0 Å². The Morgan fingerprint density at radius 3 is 2.78 bits per heavy atom. The first-order valence-corrected chi connectivity index (χ1v) is 5.27. The highest BCUT2D eigenvalue weighted by atomic mass is 35.5. The van der Waals surface area contributed by atoms with Crippen molar-refractivity contribution in [2.75, 3.05) is 5.73 Å². The van der Waals surface area contributed by atoms with Crippen LogP contribution in [0.1, 0.15) is 5.69 Å². The molecule has 0 saturated heterocycles. The smallest absolute Gasteiger partial charge is 0.220 e. The first-order chi connectivity index (χ1) is 8.60. The Bertz CT molecular complexity index is 640. The molecule has 0 aliphatic rings. The Labute approximate surface area is 107 Å². The number of nitrogens with two attached hydrogens (primary N) is 1. The molecule has 0 aliphatic carbocycles. The number of pyridine rings is 1. The summed E-state index contributed by atoms with van der Waals surface area (Å²) in [6.07, 6.45) is 0. The predicted molar refractivity (Wildman–Crippen MR) is 64.8 cm³/mol. The second kappa shape index (κ2) is 4.90. The molecule has 0 saturated carbocycles. The van der Waals surface area contributed by atoms with Gasteiger partial charge in [0.25, 0.3) is 0 Å². The van der Waals surface area contributed by atoms with E-state index in [4.69, 9.17) is 27.3 Å². The monoisotopic (exact) mass is 263 g/mol. The van der Waals surface area contributed by atoms with E-state index in [-0.39, 0.29) is 22.3 Å². The minimum Gasteiger partial charge on any atom is -0.439 e. The lowest BCUT2D eigenvalue weighted by Crippen LogP contribution is -1.96. The van der Waals surface area contributed by atoms with Crippen molar-refractivity contribution in [3.8, 4) is 17.7 Å². The highest BCUT2D eigenvalue weighted by molar-refractivity contribution is 6.30. The van der Waals surface area contributed by atoms with Crippen molar-refractivity contribution in [2.45, 2.75) is 0 Å². The van der Waals surface area contributed by atoms with Crippen molar-refractivity contribution >= 4 is 17.3 Å². The lowest BCUT2D eigenvalue weighted by Gasteiger charge is -2.06. The van der Waals surface area contributed by atoms with Crippen molar-refractivity contribution in [3.63, 3.8) is 0 Å². The number of nitrogens with zero attached hydrogens (tertiary/aromatic N) is 2. The van der Waals surface area contributed by atoms with Crippen LogP contribution in [0.25, 0.3) is 0 Å². The van der Waals surface area contributed by atoms with E-state index in [1.165, 1.54) is 30.3 Å². The Morgan fingerprint density at radius 2 is 2.11 bits per heavy atom. The molecule has 90 valence electrons. The second-order valence-electron chi connectivity index (χ2n) is 3.38. The number of benzene rings is 1. The molecule has 2 rings (SSSR count). The molecule has 0 amide bonds. The van der Waals surface area contributed by atoms with Gasteiger partial charge >= 0.3 is 0 Å². The fourth-order valence-corrected chi connectivity index (χ4v) is 1.43.